The van der Waals surface area contributed by atoms with Gasteiger partial charge in [-0.1, -0.05) is 24.3 Å². The van der Waals surface area contributed by atoms with Gasteiger partial charge in [-0.05, 0) is 93.7 Å². The highest BCUT2D eigenvalue weighted by Gasteiger charge is 2.21. The van der Waals surface area contributed by atoms with Crippen LogP contribution in [0.5, 0.6) is 23.0 Å². The minimum absolute atomic E-state index is 0.199. The Bertz CT molecular complexity index is 1610. The minimum atomic E-state index is -1.35. The highest BCUT2D eigenvalue weighted by atomic mass is 127. The summed E-state index contributed by atoms with van der Waals surface area (Å²) in [7, 11) is 3.17. The standard InChI is InChI=1S/2C13H12N2O2.C6F4I2/c2*1-17-11-6-7-13(15-9-11)14-8-10-4-2-3-5-12(10)16;7-1-2(8)6(12)4(10)3(9)5(1)11/h2*2-9,16H,1H3;. The van der Waals surface area contributed by atoms with Crippen LogP contribution in [0.1, 0.15) is 11.1 Å². The second-order valence-electron chi connectivity index (χ2n) is 8.63. The van der Waals surface area contributed by atoms with Gasteiger partial charge in [-0.25, -0.2) is 37.5 Å². The van der Waals surface area contributed by atoms with Crippen LogP contribution >= 0.6 is 45.2 Å². The maximum atomic E-state index is 12.6. The summed E-state index contributed by atoms with van der Waals surface area (Å²) in [5, 5.41) is 19.1. The Morgan fingerprint density at radius 1 is 0.587 bits per heavy atom. The van der Waals surface area contributed by atoms with Crippen molar-refractivity contribution in [2.75, 3.05) is 14.2 Å². The number of hydrogen-bond acceptors (Lipinski definition) is 8. The van der Waals surface area contributed by atoms with Crippen LogP contribution in [0.3, 0.4) is 0 Å². The van der Waals surface area contributed by atoms with Crippen molar-refractivity contribution >= 4 is 69.2 Å². The molecule has 238 valence electrons. The number of ether oxygens (including phenoxy) is 2. The third kappa shape index (κ3) is 10.4. The number of phenolic OH excluding ortho intramolecular Hbond substituents is 2. The number of hydrogen-bond donors (Lipinski definition) is 2. The Hall–Kier alpha value is -4.32. The zero-order valence-corrected chi connectivity index (χ0v) is 28.3. The quantitative estimate of drug-likeness (QED) is 0.0583. The first-order chi connectivity index (χ1) is 22.0. The van der Waals surface area contributed by atoms with Gasteiger partial charge >= 0.3 is 0 Å². The van der Waals surface area contributed by atoms with Gasteiger partial charge in [0.15, 0.2) is 34.9 Å². The predicted molar refractivity (Wildman–Crippen MR) is 184 cm³/mol. The van der Waals surface area contributed by atoms with Crippen LogP contribution < -0.4 is 9.47 Å². The largest absolute Gasteiger partial charge is 0.507 e. The van der Waals surface area contributed by atoms with E-state index in [4.69, 9.17) is 9.47 Å². The fourth-order valence-corrected chi connectivity index (χ4v) is 4.13. The first kappa shape index (κ1) is 36.2. The summed E-state index contributed by atoms with van der Waals surface area (Å²) >= 11 is 2.41. The van der Waals surface area contributed by atoms with Gasteiger partial charge in [-0.15, -0.1) is 0 Å². The Labute approximate surface area is 288 Å². The maximum Gasteiger partial charge on any atom is 0.176 e. The third-order valence-corrected chi connectivity index (χ3v) is 7.51. The number of aromatic hydroxyl groups is 2. The van der Waals surface area contributed by atoms with E-state index in [2.05, 4.69) is 20.0 Å². The molecule has 14 heteroatoms. The number of aromatic nitrogens is 2. The summed E-state index contributed by atoms with van der Waals surface area (Å²) in [6, 6.07) is 21.0. The highest BCUT2D eigenvalue weighted by molar-refractivity contribution is 14.1. The van der Waals surface area contributed by atoms with E-state index in [1.807, 2.05) is 12.1 Å². The molecule has 0 aliphatic carbocycles. The SMILES string of the molecule is COc1ccc(N=Cc2ccccc2O)nc1.COc1ccc(N=Cc2ccccc2O)nc1.Fc1c(F)c(I)c(F)c(F)c1I. The Kier molecular flexibility index (Phi) is 14.1. The van der Waals surface area contributed by atoms with E-state index in [0.717, 1.165) is 0 Å². The predicted octanol–water partition coefficient (Wildman–Crippen LogP) is 8.54. The van der Waals surface area contributed by atoms with Crippen LogP contribution in [0.2, 0.25) is 0 Å². The molecule has 0 aliphatic rings. The fourth-order valence-electron chi connectivity index (χ4n) is 3.18. The van der Waals surface area contributed by atoms with Crippen molar-refractivity contribution in [1.82, 2.24) is 9.97 Å². The number of rotatable bonds is 6. The summed E-state index contributed by atoms with van der Waals surface area (Å²) < 4.78 is 59.2. The molecule has 2 aromatic heterocycles. The molecule has 3 aromatic carbocycles. The second kappa shape index (κ2) is 18.0. The molecule has 0 spiro atoms. The summed E-state index contributed by atoms with van der Waals surface area (Å²) in [5.74, 6) is -2.49. The van der Waals surface area contributed by atoms with E-state index in [0.29, 0.717) is 34.3 Å². The van der Waals surface area contributed by atoms with Gasteiger partial charge in [0.05, 0.1) is 33.8 Å². The van der Waals surface area contributed by atoms with Crippen LogP contribution in [0.4, 0.5) is 29.2 Å². The zero-order valence-electron chi connectivity index (χ0n) is 24.0. The van der Waals surface area contributed by atoms with E-state index in [1.165, 1.54) is 45.2 Å². The van der Waals surface area contributed by atoms with Gasteiger partial charge in [-0.2, -0.15) is 0 Å². The Morgan fingerprint density at radius 3 is 1.22 bits per heavy atom. The van der Waals surface area contributed by atoms with Crippen molar-refractivity contribution in [3.05, 3.63) is 127 Å². The lowest BCUT2D eigenvalue weighted by Gasteiger charge is -2.02. The topological polar surface area (TPSA) is 109 Å². The van der Waals surface area contributed by atoms with Gasteiger partial charge in [0.1, 0.15) is 23.0 Å². The molecule has 2 N–H and O–H groups in total. The lowest BCUT2D eigenvalue weighted by Crippen LogP contribution is -2.02. The lowest BCUT2D eigenvalue weighted by atomic mass is 10.2. The lowest BCUT2D eigenvalue weighted by molar-refractivity contribution is 0.413. The Balaban J connectivity index is 0.000000191. The number of benzene rings is 3. The first-order valence-electron chi connectivity index (χ1n) is 12.9. The van der Waals surface area contributed by atoms with Crippen molar-refractivity contribution < 1.29 is 37.2 Å². The molecule has 5 rings (SSSR count). The molecule has 0 saturated heterocycles. The molecule has 0 saturated carbocycles. The highest BCUT2D eigenvalue weighted by Crippen LogP contribution is 2.26. The van der Waals surface area contributed by atoms with Crippen LogP contribution in [0.15, 0.2) is 95.2 Å². The van der Waals surface area contributed by atoms with Gasteiger partial charge in [-0.3, -0.25) is 0 Å². The molecule has 46 heavy (non-hydrogen) atoms. The van der Waals surface area contributed by atoms with Gasteiger partial charge in [0.25, 0.3) is 0 Å². The zero-order chi connectivity index (χ0) is 33.6. The average Bonchev–Trinajstić information content (AvgIpc) is 3.09. The van der Waals surface area contributed by atoms with Crippen LogP contribution in [-0.4, -0.2) is 46.8 Å². The van der Waals surface area contributed by atoms with E-state index < -0.39 is 30.4 Å². The summed E-state index contributed by atoms with van der Waals surface area (Å²) in [6.45, 7) is 0. The molecule has 0 bridgehead atoms. The van der Waals surface area contributed by atoms with Crippen molar-refractivity contribution in [2.45, 2.75) is 0 Å². The smallest absolute Gasteiger partial charge is 0.176 e. The van der Waals surface area contributed by atoms with Crippen molar-refractivity contribution in [3.63, 3.8) is 0 Å². The molecule has 2 heterocycles. The number of halogens is 6. The van der Waals surface area contributed by atoms with Gasteiger partial charge in [0, 0.05) is 23.6 Å². The molecular formula is C32H24F4I2N4O4. The molecule has 8 nitrogen and oxygen atoms in total. The number of phenols is 2. The minimum Gasteiger partial charge on any atom is -0.507 e. The van der Waals surface area contributed by atoms with E-state index in [-0.39, 0.29) is 11.5 Å². The van der Waals surface area contributed by atoms with Crippen LogP contribution in [0.25, 0.3) is 0 Å². The van der Waals surface area contributed by atoms with Crippen molar-refractivity contribution in [1.29, 1.82) is 0 Å². The van der Waals surface area contributed by atoms with E-state index in [1.54, 1.807) is 99.7 Å². The van der Waals surface area contributed by atoms with Crippen LogP contribution in [-0.2, 0) is 0 Å². The summed E-state index contributed by atoms with van der Waals surface area (Å²) in [6.07, 6.45) is 6.34. The average molecular weight is 858 g/mol. The van der Waals surface area contributed by atoms with Gasteiger partial charge in [0.2, 0.25) is 0 Å². The molecule has 0 fully saturated rings. The molecular weight excluding hydrogens is 834 g/mol. The van der Waals surface area contributed by atoms with Gasteiger partial charge < -0.3 is 19.7 Å². The molecule has 5 aromatic rings. The molecule has 0 radical (unpaired) electrons. The summed E-state index contributed by atoms with van der Waals surface area (Å²) in [5.41, 5.74) is 1.32. The molecule has 0 aliphatic heterocycles. The molecule has 0 atom stereocenters. The van der Waals surface area contributed by atoms with Crippen molar-refractivity contribution in [2.24, 2.45) is 9.98 Å². The third-order valence-electron chi connectivity index (χ3n) is 5.61. The van der Waals surface area contributed by atoms with Crippen LogP contribution in [0, 0.1) is 30.4 Å². The molecule has 0 unspecified atom stereocenters. The Morgan fingerprint density at radius 2 is 0.935 bits per heavy atom. The summed E-state index contributed by atoms with van der Waals surface area (Å²) in [4.78, 5) is 16.5. The first-order valence-corrected chi connectivity index (χ1v) is 15.0. The maximum absolute atomic E-state index is 12.6. The number of para-hydroxylation sites is 2. The van der Waals surface area contributed by atoms with E-state index >= 15 is 0 Å². The monoisotopic (exact) mass is 858 g/mol. The van der Waals surface area contributed by atoms with E-state index in [9.17, 15) is 27.8 Å². The number of nitrogens with zero attached hydrogens (tertiary/aromatic N) is 4. The molecule has 0 amide bonds. The second-order valence-corrected chi connectivity index (χ2v) is 10.8. The number of pyridine rings is 2. The normalized spacial score (nSPS) is 10.6. The number of aliphatic imine (C=N–C) groups is 2. The van der Waals surface area contributed by atoms with Crippen molar-refractivity contribution in [3.8, 4) is 23.0 Å². The fraction of sp³-hybridized carbons (Fsp3) is 0.0625. The number of methoxy groups -OCH3 is 2.